The number of aliphatic hydroxyl groups is 1. The summed E-state index contributed by atoms with van der Waals surface area (Å²) < 4.78 is 0. The SMILES string of the molecule is CCCCCCCC=CCCCCCCCCC(O)CCCCCCCCC. The maximum Gasteiger partial charge on any atom is 0.0540 e. The average Bonchev–Trinajstić information content (AvgIpc) is 2.70. The Balaban J connectivity index is 3.17. The van der Waals surface area contributed by atoms with Gasteiger partial charge in [0, 0.05) is 0 Å². The molecule has 0 bridgehead atoms. The molecule has 0 fully saturated rings. The first-order chi connectivity index (χ1) is 13.8. The van der Waals surface area contributed by atoms with Crippen molar-refractivity contribution in [1.29, 1.82) is 0 Å². The lowest BCUT2D eigenvalue weighted by Gasteiger charge is -2.10. The predicted octanol–water partition coefficient (Wildman–Crippen LogP) is 9.53. The van der Waals surface area contributed by atoms with Gasteiger partial charge in [0.1, 0.15) is 0 Å². The molecule has 0 aromatic carbocycles. The second-order valence-corrected chi connectivity index (χ2v) is 8.94. The molecule has 0 rings (SSSR count). The second kappa shape index (κ2) is 24.7. The molecular formula is C27H54O. The fourth-order valence-electron chi connectivity index (χ4n) is 3.93. The third-order valence-corrected chi connectivity index (χ3v) is 5.94. The average molecular weight is 395 g/mol. The fourth-order valence-corrected chi connectivity index (χ4v) is 3.93. The van der Waals surface area contributed by atoms with E-state index in [-0.39, 0.29) is 6.10 Å². The van der Waals surface area contributed by atoms with Gasteiger partial charge in [-0.2, -0.15) is 0 Å². The number of unbranched alkanes of at least 4 members (excludes halogenated alkanes) is 17. The van der Waals surface area contributed by atoms with Crippen LogP contribution in [0.5, 0.6) is 0 Å². The van der Waals surface area contributed by atoms with Gasteiger partial charge < -0.3 is 5.11 Å². The number of aliphatic hydroxyl groups excluding tert-OH is 1. The molecular weight excluding hydrogens is 340 g/mol. The van der Waals surface area contributed by atoms with E-state index in [1.807, 2.05) is 0 Å². The molecule has 0 aromatic heterocycles. The maximum atomic E-state index is 10.1. The molecule has 0 radical (unpaired) electrons. The van der Waals surface area contributed by atoms with Crippen LogP contribution in [0.4, 0.5) is 0 Å². The van der Waals surface area contributed by atoms with Crippen molar-refractivity contribution in [2.75, 3.05) is 0 Å². The topological polar surface area (TPSA) is 20.2 Å². The molecule has 0 aliphatic carbocycles. The molecule has 0 aliphatic heterocycles. The predicted molar refractivity (Wildman–Crippen MR) is 128 cm³/mol. The molecule has 1 nitrogen and oxygen atoms in total. The molecule has 1 atom stereocenters. The van der Waals surface area contributed by atoms with Crippen molar-refractivity contribution in [3.05, 3.63) is 12.2 Å². The summed E-state index contributed by atoms with van der Waals surface area (Å²) in [6.45, 7) is 4.55. The van der Waals surface area contributed by atoms with Gasteiger partial charge in [0.05, 0.1) is 6.10 Å². The van der Waals surface area contributed by atoms with Crippen molar-refractivity contribution < 1.29 is 5.11 Å². The van der Waals surface area contributed by atoms with Crippen molar-refractivity contribution in [2.24, 2.45) is 0 Å². The van der Waals surface area contributed by atoms with E-state index in [2.05, 4.69) is 26.0 Å². The molecule has 168 valence electrons. The molecule has 0 heterocycles. The highest BCUT2D eigenvalue weighted by Crippen LogP contribution is 2.15. The van der Waals surface area contributed by atoms with Gasteiger partial charge in [-0.05, 0) is 38.5 Å². The highest BCUT2D eigenvalue weighted by molar-refractivity contribution is 4.81. The van der Waals surface area contributed by atoms with Crippen LogP contribution in [0.3, 0.4) is 0 Å². The Morgan fingerprint density at radius 1 is 0.464 bits per heavy atom. The largest absolute Gasteiger partial charge is 0.393 e. The molecule has 0 saturated heterocycles. The summed E-state index contributed by atoms with van der Waals surface area (Å²) in [5.74, 6) is 0. The first kappa shape index (κ1) is 27.7. The summed E-state index contributed by atoms with van der Waals surface area (Å²) in [6.07, 6.45) is 33.7. The van der Waals surface area contributed by atoms with E-state index < -0.39 is 0 Å². The van der Waals surface area contributed by atoms with Crippen molar-refractivity contribution >= 4 is 0 Å². The molecule has 1 heteroatoms. The Hall–Kier alpha value is -0.300. The Morgan fingerprint density at radius 3 is 1.18 bits per heavy atom. The van der Waals surface area contributed by atoms with Gasteiger partial charge in [-0.3, -0.25) is 0 Å². The lowest BCUT2D eigenvalue weighted by molar-refractivity contribution is 0.147. The molecule has 0 spiro atoms. The standard InChI is InChI=1S/C27H54O/c1-3-5-7-9-11-12-13-14-15-16-17-18-20-22-24-26-27(28)25-23-21-19-10-8-6-4-2/h13-14,27-28H,3-12,15-26H2,1-2H3. The normalized spacial score (nSPS) is 12.8. The summed E-state index contributed by atoms with van der Waals surface area (Å²) in [5, 5.41) is 10.1. The minimum atomic E-state index is -0.0391. The van der Waals surface area contributed by atoms with Gasteiger partial charge in [-0.15, -0.1) is 0 Å². The quantitative estimate of drug-likeness (QED) is 0.135. The summed E-state index contributed by atoms with van der Waals surface area (Å²) in [6, 6.07) is 0. The first-order valence-corrected chi connectivity index (χ1v) is 13.1. The Morgan fingerprint density at radius 2 is 0.786 bits per heavy atom. The molecule has 0 amide bonds. The Labute approximate surface area is 178 Å². The van der Waals surface area contributed by atoms with Crippen LogP contribution < -0.4 is 0 Å². The smallest absolute Gasteiger partial charge is 0.0540 e. The minimum absolute atomic E-state index is 0.0391. The number of allylic oxidation sites excluding steroid dienone is 2. The van der Waals surface area contributed by atoms with Gasteiger partial charge in [0.15, 0.2) is 0 Å². The van der Waals surface area contributed by atoms with Crippen molar-refractivity contribution in [3.63, 3.8) is 0 Å². The number of hydrogen-bond donors (Lipinski definition) is 1. The molecule has 0 aromatic rings. The van der Waals surface area contributed by atoms with E-state index in [0.717, 1.165) is 12.8 Å². The van der Waals surface area contributed by atoms with E-state index in [4.69, 9.17) is 0 Å². The van der Waals surface area contributed by atoms with E-state index >= 15 is 0 Å². The second-order valence-electron chi connectivity index (χ2n) is 8.94. The van der Waals surface area contributed by atoms with Gasteiger partial charge in [-0.25, -0.2) is 0 Å². The third kappa shape index (κ3) is 23.7. The molecule has 0 aliphatic rings. The lowest BCUT2D eigenvalue weighted by atomic mass is 10.0. The van der Waals surface area contributed by atoms with Crippen LogP contribution in [-0.4, -0.2) is 11.2 Å². The van der Waals surface area contributed by atoms with Crippen LogP contribution in [0.2, 0.25) is 0 Å². The molecule has 1 unspecified atom stereocenters. The fraction of sp³-hybridized carbons (Fsp3) is 0.926. The number of hydrogen-bond acceptors (Lipinski definition) is 1. The van der Waals surface area contributed by atoms with Crippen LogP contribution in [0, 0.1) is 0 Å². The van der Waals surface area contributed by atoms with Crippen LogP contribution in [0.15, 0.2) is 12.2 Å². The van der Waals surface area contributed by atoms with Crippen molar-refractivity contribution in [3.8, 4) is 0 Å². The molecule has 0 saturated carbocycles. The van der Waals surface area contributed by atoms with Gasteiger partial charge in [0.2, 0.25) is 0 Å². The van der Waals surface area contributed by atoms with Crippen LogP contribution in [0.25, 0.3) is 0 Å². The van der Waals surface area contributed by atoms with Gasteiger partial charge >= 0.3 is 0 Å². The third-order valence-electron chi connectivity index (χ3n) is 5.94. The summed E-state index contributed by atoms with van der Waals surface area (Å²) in [4.78, 5) is 0. The van der Waals surface area contributed by atoms with Gasteiger partial charge in [0.25, 0.3) is 0 Å². The minimum Gasteiger partial charge on any atom is -0.393 e. The van der Waals surface area contributed by atoms with Crippen LogP contribution in [-0.2, 0) is 0 Å². The molecule has 1 N–H and O–H groups in total. The maximum absolute atomic E-state index is 10.1. The van der Waals surface area contributed by atoms with Crippen LogP contribution in [0.1, 0.15) is 155 Å². The zero-order valence-electron chi connectivity index (χ0n) is 19.7. The Bertz CT molecular complexity index is 297. The van der Waals surface area contributed by atoms with Crippen LogP contribution >= 0.6 is 0 Å². The van der Waals surface area contributed by atoms with Crippen molar-refractivity contribution in [1.82, 2.24) is 0 Å². The zero-order chi connectivity index (χ0) is 20.5. The van der Waals surface area contributed by atoms with E-state index in [1.165, 1.54) is 128 Å². The van der Waals surface area contributed by atoms with E-state index in [1.54, 1.807) is 0 Å². The van der Waals surface area contributed by atoms with Gasteiger partial charge in [-0.1, -0.05) is 129 Å². The first-order valence-electron chi connectivity index (χ1n) is 13.1. The Kier molecular flexibility index (Phi) is 24.5. The summed E-state index contributed by atoms with van der Waals surface area (Å²) >= 11 is 0. The molecule has 28 heavy (non-hydrogen) atoms. The highest BCUT2D eigenvalue weighted by atomic mass is 16.3. The number of rotatable bonds is 23. The highest BCUT2D eigenvalue weighted by Gasteiger charge is 2.03. The zero-order valence-corrected chi connectivity index (χ0v) is 19.7. The van der Waals surface area contributed by atoms with E-state index in [0.29, 0.717) is 0 Å². The van der Waals surface area contributed by atoms with E-state index in [9.17, 15) is 5.11 Å². The summed E-state index contributed by atoms with van der Waals surface area (Å²) in [5.41, 5.74) is 0. The van der Waals surface area contributed by atoms with Crippen molar-refractivity contribution in [2.45, 2.75) is 161 Å². The monoisotopic (exact) mass is 394 g/mol. The summed E-state index contributed by atoms with van der Waals surface area (Å²) in [7, 11) is 0. The lowest BCUT2D eigenvalue weighted by Crippen LogP contribution is -2.05.